The van der Waals surface area contributed by atoms with Crippen molar-refractivity contribution in [2.45, 2.75) is 25.1 Å². The number of alkyl halides is 3. The van der Waals surface area contributed by atoms with E-state index in [1.54, 1.807) is 0 Å². The molecule has 0 saturated heterocycles. The maximum absolute atomic E-state index is 13.5. The minimum Gasteiger partial charge on any atom is -0.496 e. The monoisotopic (exact) mass is 289 g/mol. The van der Waals surface area contributed by atoms with E-state index in [4.69, 9.17) is 4.74 Å². The molecule has 110 valence electrons. The van der Waals surface area contributed by atoms with Gasteiger partial charge in [0, 0.05) is 0 Å². The Hall–Kier alpha value is -1.92. The Labute approximate surface area is 113 Å². The van der Waals surface area contributed by atoms with Gasteiger partial charge in [0.1, 0.15) is 22.7 Å². The summed E-state index contributed by atoms with van der Waals surface area (Å²) in [6.45, 7) is -3.22. The van der Waals surface area contributed by atoms with Crippen molar-refractivity contribution in [1.29, 1.82) is 0 Å². The number of hydrogen-bond donors (Lipinski definition) is 1. The van der Waals surface area contributed by atoms with Crippen molar-refractivity contribution in [1.82, 2.24) is 5.32 Å². The minimum absolute atomic E-state index is 0.0874. The standard InChI is InChI=1S/C13H14F3NO3/c1-19-8-3-2-4-9(20-12(14)15)10(8)11(18)17-7-13(16)5-6-13/h2-4,12H,5-7H2,1H3,(H,17,18). The first-order valence-electron chi connectivity index (χ1n) is 6.04. The molecule has 20 heavy (non-hydrogen) atoms. The predicted molar refractivity (Wildman–Crippen MR) is 65.0 cm³/mol. The smallest absolute Gasteiger partial charge is 0.387 e. The Morgan fingerprint density at radius 3 is 2.60 bits per heavy atom. The van der Waals surface area contributed by atoms with E-state index in [-0.39, 0.29) is 23.6 Å². The van der Waals surface area contributed by atoms with Crippen molar-refractivity contribution in [2.24, 2.45) is 0 Å². The van der Waals surface area contributed by atoms with E-state index in [9.17, 15) is 18.0 Å². The largest absolute Gasteiger partial charge is 0.496 e. The molecule has 2 rings (SSSR count). The van der Waals surface area contributed by atoms with Crippen LogP contribution in [0.25, 0.3) is 0 Å². The summed E-state index contributed by atoms with van der Waals surface area (Å²) < 4.78 is 47.4. The Bertz CT molecular complexity index is 504. The molecule has 0 heterocycles. The summed E-state index contributed by atoms with van der Waals surface area (Å²) >= 11 is 0. The van der Waals surface area contributed by atoms with Crippen molar-refractivity contribution in [3.63, 3.8) is 0 Å². The first-order valence-corrected chi connectivity index (χ1v) is 6.04. The number of benzene rings is 1. The summed E-state index contributed by atoms with van der Waals surface area (Å²) in [5, 5.41) is 2.37. The number of ether oxygens (including phenoxy) is 2. The lowest BCUT2D eigenvalue weighted by Gasteiger charge is -2.14. The van der Waals surface area contributed by atoms with Crippen LogP contribution in [-0.4, -0.2) is 31.8 Å². The van der Waals surface area contributed by atoms with Crippen LogP contribution in [0.4, 0.5) is 13.2 Å². The molecule has 0 spiro atoms. The molecule has 1 aliphatic carbocycles. The molecule has 0 unspecified atom stereocenters. The predicted octanol–water partition coefficient (Wildman–Crippen LogP) is 2.53. The van der Waals surface area contributed by atoms with Gasteiger partial charge in [0.05, 0.1) is 13.7 Å². The van der Waals surface area contributed by atoms with Crippen LogP contribution in [-0.2, 0) is 0 Å². The Morgan fingerprint density at radius 1 is 1.40 bits per heavy atom. The van der Waals surface area contributed by atoms with Crippen LogP contribution in [0.15, 0.2) is 18.2 Å². The van der Waals surface area contributed by atoms with Gasteiger partial charge < -0.3 is 14.8 Å². The summed E-state index contributed by atoms with van der Waals surface area (Å²) in [5.41, 5.74) is -1.54. The van der Waals surface area contributed by atoms with Crippen LogP contribution in [0.3, 0.4) is 0 Å². The summed E-state index contributed by atoms with van der Waals surface area (Å²) in [6, 6.07) is 4.09. The number of carbonyl (C=O) groups is 1. The highest BCUT2D eigenvalue weighted by molar-refractivity contribution is 5.99. The van der Waals surface area contributed by atoms with E-state index < -0.39 is 18.2 Å². The number of amides is 1. The molecule has 1 N–H and O–H groups in total. The normalized spacial score (nSPS) is 15.8. The van der Waals surface area contributed by atoms with Gasteiger partial charge in [-0.25, -0.2) is 4.39 Å². The van der Waals surface area contributed by atoms with E-state index in [2.05, 4.69) is 10.1 Å². The summed E-state index contributed by atoms with van der Waals surface area (Å²) in [7, 11) is 1.30. The topological polar surface area (TPSA) is 47.6 Å². The average Bonchev–Trinajstić information content (AvgIpc) is 3.13. The van der Waals surface area contributed by atoms with Gasteiger partial charge in [-0.2, -0.15) is 8.78 Å². The van der Waals surface area contributed by atoms with Crippen molar-refractivity contribution in [3.8, 4) is 11.5 Å². The number of hydrogen-bond acceptors (Lipinski definition) is 3. The van der Waals surface area contributed by atoms with E-state index >= 15 is 0 Å². The van der Waals surface area contributed by atoms with Gasteiger partial charge in [0.15, 0.2) is 0 Å². The molecule has 1 saturated carbocycles. The second kappa shape index (κ2) is 5.60. The zero-order chi connectivity index (χ0) is 14.8. The highest BCUT2D eigenvalue weighted by Crippen LogP contribution is 2.39. The first-order chi connectivity index (χ1) is 9.45. The van der Waals surface area contributed by atoms with Gasteiger partial charge in [-0.3, -0.25) is 4.79 Å². The molecule has 4 nitrogen and oxygen atoms in total. The molecule has 1 fully saturated rings. The van der Waals surface area contributed by atoms with Gasteiger partial charge in [-0.1, -0.05) is 6.07 Å². The van der Waals surface area contributed by atoms with E-state index in [0.29, 0.717) is 12.8 Å². The zero-order valence-corrected chi connectivity index (χ0v) is 10.8. The van der Waals surface area contributed by atoms with E-state index in [0.717, 1.165) is 0 Å². The molecule has 1 amide bonds. The fourth-order valence-corrected chi connectivity index (χ4v) is 1.74. The highest BCUT2D eigenvalue weighted by Gasteiger charge is 2.43. The van der Waals surface area contributed by atoms with Gasteiger partial charge in [0.25, 0.3) is 5.91 Å². The fraction of sp³-hybridized carbons (Fsp3) is 0.462. The van der Waals surface area contributed by atoms with Crippen LogP contribution in [0.2, 0.25) is 0 Å². The summed E-state index contributed by atoms with van der Waals surface area (Å²) in [5.74, 6) is -0.924. The van der Waals surface area contributed by atoms with Gasteiger partial charge in [-0.05, 0) is 25.0 Å². The highest BCUT2D eigenvalue weighted by atomic mass is 19.3. The van der Waals surface area contributed by atoms with Crippen molar-refractivity contribution in [3.05, 3.63) is 23.8 Å². The molecular weight excluding hydrogens is 275 g/mol. The average molecular weight is 289 g/mol. The Balaban J connectivity index is 2.19. The molecule has 1 aromatic rings. The summed E-state index contributed by atoms with van der Waals surface area (Å²) in [4.78, 5) is 12.0. The fourth-order valence-electron chi connectivity index (χ4n) is 1.74. The number of halogens is 3. The lowest BCUT2D eigenvalue weighted by atomic mass is 10.1. The van der Waals surface area contributed by atoms with Gasteiger partial charge in [-0.15, -0.1) is 0 Å². The molecule has 0 bridgehead atoms. The van der Waals surface area contributed by atoms with Crippen LogP contribution >= 0.6 is 0 Å². The molecule has 0 atom stereocenters. The van der Waals surface area contributed by atoms with Crippen LogP contribution in [0.1, 0.15) is 23.2 Å². The number of rotatable bonds is 6. The Kier molecular flexibility index (Phi) is 4.06. The third kappa shape index (κ3) is 3.34. The second-order valence-electron chi connectivity index (χ2n) is 4.55. The summed E-state index contributed by atoms with van der Waals surface area (Å²) in [6.07, 6.45) is 0.777. The van der Waals surface area contributed by atoms with E-state index in [1.807, 2.05) is 0 Å². The molecule has 0 aliphatic heterocycles. The number of nitrogens with one attached hydrogen (secondary N) is 1. The minimum atomic E-state index is -3.07. The molecule has 0 radical (unpaired) electrons. The first kappa shape index (κ1) is 14.5. The maximum Gasteiger partial charge on any atom is 0.387 e. The van der Waals surface area contributed by atoms with Crippen molar-refractivity contribution in [2.75, 3.05) is 13.7 Å². The lowest BCUT2D eigenvalue weighted by Crippen LogP contribution is -2.31. The quantitative estimate of drug-likeness (QED) is 0.875. The third-order valence-corrected chi connectivity index (χ3v) is 3.01. The van der Waals surface area contributed by atoms with Crippen LogP contribution in [0, 0.1) is 0 Å². The van der Waals surface area contributed by atoms with Gasteiger partial charge in [0.2, 0.25) is 0 Å². The Morgan fingerprint density at radius 2 is 2.05 bits per heavy atom. The number of methoxy groups -OCH3 is 1. The van der Waals surface area contributed by atoms with Crippen LogP contribution in [0.5, 0.6) is 11.5 Å². The number of carbonyl (C=O) groups excluding carboxylic acids is 1. The molecule has 1 aromatic carbocycles. The van der Waals surface area contributed by atoms with Crippen molar-refractivity contribution < 1.29 is 27.4 Å². The van der Waals surface area contributed by atoms with Crippen LogP contribution < -0.4 is 14.8 Å². The second-order valence-corrected chi connectivity index (χ2v) is 4.55. The zero-order valence-electron chi connectivity index (χ0n) is 10.8. The lowest BCUT2D eigenvalue weighted by molar-refractivity contribution is -0.0502. The van der Waals surface area contributed by atoms with Crippen molar-refractivity contribution >= 4 is 5.91 Å². The third-order valence-electron chi connectivity index (χ3n) is 3.01. The molecule has 0 aromatic heterocycles. The van der Waals surface area contributed by atoms with Gasteiger partial charge >= 0.3 is 6.61 Å². The SMILES string of the molecule is COc1cccc(OC(F)F)c1C(=O)NCC1(F)CC1. The molecule has 7 heteroatoms. The molecule has 1 aliphatic rings. The maximum atomic E-state index is 13.5. The van der Waals surface area contributed by atoms with E-state index in [1.165, 1.54) is 25.3 Å². The molecular formula is C13H14F3NO3.